The molecule has 1 aromatic rings. The Labute approximate surface area is 138 Å². The third-order valence-electron chi connectivity index (χ3n) is 4.43. The minimum atomic E-state index is -1.12. The van der Waals surface area contributed by atoms with Crippen LogP contribution in [0.5, 0.6) is 0 Å². The summed E-state index contributed by atoms with van der Waals surface area (Å²) in [6.45, 7) is 5.16. The number of nitrogens with one attached hydrogen (secondary N) is 1. The van der Waals surface area contributed by atoms with Crippen LogP contribution in [0.3, 0.4) is 0 Å². The molecule has 1 atom stereocenters. The second kappa shape index (κ2) is 7.40. The molecule has 0 unspecified atom stereocenters. The van der Waals surface area contributed by atoms with Crippen LogP contribution in [-0.2, 0) is 4.74 Å². The number of benzene rings is 1. The summed E-state index contributed by atoms with van der Waals surface area (Å²) in [5, 5.41) is 2.21. The van der Waals surface area contributed by atoms with Crippen LogP contribution >= 0.6 is 0 Å². The third-order valence-corrected chi connectivity index (χ3v) is 4.43. The maximum absolute atomic E-state index is 13.6. The van der Waals surface area contributed by atoms with Crippen molar-refractivity contribution in [2.75, 3.05) is 51.3 Å². The fourth-order valence-electron chi connectivity index (χ4n) is 3.16. The number of rotatable bonds is 3. The van der Waals surface area contributed by atoms with Gasteiger partial charge in [-0.1, -0.05) is 0 Å². The number of amides is 2. The zero-order chi connectivity index (χ0) is 17.1. The first kappa shape index (κ1) is 17.0. The van der Waals surface area contributed by atoms with Gasteiger partial charge in [0.2, 0.25) is 0 Å². The predicted molar refractivity (Wildman–Crippen MR) is 82.3 cm³/mol. The van der Waals surface area contributed by atoms with Gasteiger partial charge in [0.25, 0.3) is 0 Å². The van der Waals surface area contributed by atoms with Crippen LogP contribution < -0.4 is 5.32 Å². The predicted octanol–water partition coefficient (Wildman–Crippen LogP) is 2.29. The van der Waals surface area contributed by atoms with Crippen molar-refractivity contribution in [1.29, 1.82) is 0 Å². The average Bonchev–Trinajstić information content (AvgIpc) is 3.00. The van der Waals surface area contributed by atoms with Crippen molar-refractivity contribution in [3.05, 3.63) is 29.6 Å². The summed E-state index contributed by atoms with van der Waals surface area (Å²) in [4.78, 5) is 16.0. The van der Waals surface area contributed by atoms with E-state index in [0.29, 0.717) is 31.1 Å². The van der Waals surface area contributed by atoms with E-state index in [2.05, 4.69) is 10.2 Å². The number of hydrogen-bond donors (Lipinski definition) is 1. The molecule has 1 N–H and O–H groups in total. The first-order valence-corrected chi connectivity index (χ1v) is 8.03. The molecule has 2 saturated heterocycles. The molecule has 8 heteroatoms. The number of morpholine rings is 1. The lowest BCUT2D eigenvalue weighted by atomic mass is 10.1. The Morgan fingerprint density at radius 1 is 1.17 bits per heavy atom. The monoisotopic (exact) mass is 343 g/mol. The van der Waals surface area contributed by atoms with E-state index < -0.39 is 29.2 Å². The maximum Gasteiger partial charge on any atom is 0.322 e. The number of ether oxygens (including phenoxy) is 1. The highest BCUT2D eigenvalue weighted by atomic mass is 19.1. The molecule has 0 aromatic heterocycles. The van der Waals surface area contributed by atoms with Crippen molar-refractivity contribution in [3.63, 3.8) is 0 Å². The van der Waals surface area contributed by atoms with Crippen molar-refractivity contribution in [1.82, 2.24) is 9.80 Å². The standard InChI is InChI=1S/C16H20F3N3O2/c17-12-7-13(18)15(14(19)8-12)20-16(23)22-2-1-11(10-22)9-21-3-5-24-6-4-21/h7-8,11H,1-6,9-10H2,(H,20,23)/t11-/m1/s1. The molecule has 2 aliphatic heterocycles. The lowest BCUT2D eigenvalue weighted by molar-refractivity contribution is 0.0314. The summed E-state index contributed by atoms with van der Waals surface area (Å²) in [6.07, 6.45) is 0.846. The van der Waals surface area contributed by atoms with E-state index in [1.165, 1.54) is 4.90 Å². The number of likely N-dealkylation sites (tertiary alicyclic amines) is 1. The summed E-state index contributed by atoms with van der Waals surface area (Å²) in [7, 11) is 0. The minimum absolute atomic E-state index is 0.330. The molecule has 2 amide bonds. The number of carbonyl (C=O) groups excluding carboxylic acids is 1. The molecule has 2 heterocycles. The molecule has 0 radical (unpaired) electrons. The Balaban J connectivity index is 1.55. The van der Waals surface area contributed by atoms with Crippen molar-refractivity contribution >= 4 is 11.7 Å². The highest BCUT2D eigenvalue weighted by Crippen LogP contribution is 2.23. The molecular weight excluding hydrogens is 323 g/mol. The Hall–Kier alpha value is -1.80. The smallest absolute Gasteiger partial charge is 0.322 e. The molecular formula is C16H20F3N3O2. The van der Waals surface area contributed by atoms with Crippen molar-refractivity contribution < 1.29 is 22.7 Å². The molecule has 0 aliphatic carbocycles. The zero-order valence-corrected chi connectivity index (χ0v) is 13.2. The van der Waals surface area contributed by atoms with Gasteiger partial charge in [0.15, 0.2) is 11.6 Å². The molecule has 2 fully saturated rings. The fraction of sp³-hybridized carbons (Fsp3) is 0.562. The van der Waals surface area contributed by atoms with Gasteiger partial charge in [-0.2, -0.15) is 0 Å². The third kappa shape index (κ3) is 3.99. The van der Waals surface area contributed by atoms with E-state index in [-0.39, 0.29) is 0 Å². The van der Waals surface area contributed by atoms with E-state index in [4.69, 9.17) is 4.74 Å². The van der Waals surface area contributed by atoms with Crippen molar-refractivity contribution in [3.8, 4) is 0 Å². The number of halogens is 3. The van der Waals surface area contributed by atoms with Crippen LogP contribution in [0.4, 0.5) is 23.7 Å². The highest BCUT2D eigenvalue weighted by molar-refractivity contribution is 5.89. The van der Waals surface area contributed by atoms with Gasteiger partial charge < -0.3 is 15.0 Å². The quantitative estimate of drug-likeness (QED) is 0.916. The summed E-state index contributed by atoms with van der Waals surface area (Å²) < 4.78 is 45.4. The normalized spacial score (nSPS) is 22.0. The Kier molecular flexibility index (Phi) is 5.25. The first-order valence-electron chi connectivity index (χ1n) is 8.03. The fourth-order valence-corrected chi connectivity index (χ4v) is 3.16. The number of carbonyl (C=O) groups is 1. The van der Waals surface area contributed by atoms with Gasteiger partial charge in [0.1, 0.15) is 11.5 Å². The summed E-state index contributed by atoms with van der Waals surface area (Å²) >= 11 is 0. The van der Waals surface area contributed by atoms with Gasteiger partial charge in [-0.3, -0.25) is 4.90 Å². The van der Waals surface area contributed by atoms with Crippen LogP contribution in [0, 0.1) is 23.4 Å². The SMILES string of the molecule is O=C(Nc1c(F)cc(F)cc1F)N1CC[C@H](CN2CCOCC2)C1. The van der Waals surface area contributed by atoms with Gasteiger partial charge in [0, 0.05) is 44.9 Å². The lowest BCUT2D eigenvalue weighted by Gasteiger charge is -2.29. The average molecular weight is 343 g/mol. The van der Waals surface area contributed by atoms with Gasteiger partial charge in [-0.25, -0.2) is 18.0 Å². The van der Waals surface area contributed by atoms with E-state index in [1.807, 2.05) is 0 Å². The first-order chi connectivity index (χ1) is 11.5. The number of anilines is 1. The Morgan fingerprint density at radius 3 is 2.50 bits per heavy atom. The molecule has 24 heavy (non-hydrogen) atoms. The molecule has 0 bridgehead atoms. The highest BCUT2D eigenvalue weighted by Gasteiger charge is 2.29. The van der Waals surface area contributed by atoms with E-state index >= 15 is 0 Å². The largest absolute Gasteiger partial charge is 0.379 e. The van der Waals surface area contributed by atoms with E-state index in [0.717, 1.165) is 39.3 Å². The van der Waals surface area contributed by atoms with Crippen LogP contribution in [0.15, 0.2) is 12.1 Å². The maximum atomic E-state index is 13.6. The van der Waals surface area contributed by atoms with Crippen LogP contribution in [-0.4, -0.2) is 61.8 Å². The summed E-state index contributed by atoms with van der Waals surface area (Å²) in [5.41, 5.74) is -0.613. The second-order valence-electron chi connectivity index (χ2n) is 6.19. The van der Waals surface area contributed by atoms with Crippen LogP contribution in [0.25, 0.3) is 0 Å². The van der Waals surface area contributed by atoms with E-state index in [1.54, 1.807) is 0 Å². The molecule has 132 valence electrons. The minimum Gasteiger partial charge on any atom is -0.379 e. The topological polar surface area (TPSA) is 44.8 Å². The lowest BCUT2D eigenvalue weighted by Crippen LogP contribution is -2.40. The number of hydrogen-bond acceptors (Lipinski definition) is 3. The van der Waals surface area contributed by atoms with Gasteiger partial charge in [-0.15, -0.1) is 0 Å². The Bertz CT molecular complexity index is 585. The van der Waals surface area contributed by atoms with Crippen LogP contribution in [0.1, 0.15) is 6.42 Å². The molecule has 3 rings (SSSR count). The Morgan fingerprint density at radius 2 is 1.83 bits per heavy atom. The molecule has 5 nitrogen and oxygen atoms in total. The van der Waals surface area contributed by atoms with Crippen LogP contribution in [0.2, 0.25) is 0 Å². The molecule has 2 aliphatic rings. The molecule has 0 spiro atoms. The molecule has 1 aromatic carbocycles. The van der Waals surface area contributed by atoms with Crippen molar-refractivity contribution in [2.24, 2.45) is 5.92 Å². The van der Waals surface area contributed by atoms with Gasteiger partial charge in [0.05, 0.1) is 13.2 Å². The van der Waals surface area contributed by atoms with Gasteiger partial charge >= 0.3 is 6.03 Å². The summed E-state index contributed by atoms with van der Waals surface area (Å²) in [6, 6.07) is 0.525. The molecule has 0 saturated carbocycles. The number of nitrogens with zero attached hydrogens (tertiary/aromatic N) is 2. The van der Waals surface area contributed by atoms with Gasteiger partial charge in [-0.05, 0) is 12.3 Å². The summed E-state index contributed by atoms with van der Waals surface area (Å²) in [5.74, 6) is -2.93. The van der Waals surface area contributed by atoms with E-state index in [9.17, 15) is 18.0 Å². The zero-order valence-electron chi connectivity index (χ0n) is 13.2. The van der Waals surface area contributed by atoms with Crippen molar-refractivity contribution in [2.45, 2.75) is 6.42 Å². The number of urea groups is 1. The second-order valence-corrected chi connectivity index (χ2v) is 6.19.